The van der Waals surface area contributed by atoms with Crippen LogP contribution in [0.4, 0.5) is 0 Å². The van der Waals surface area contributed by atoms with Gasteiger partial charge in [0.15, 0.2) is 0 Å². The van der Waals surface area contributed by atoms with Crippen molar-refractivity contribution in [1.82, 2.24) is 9.13 Å². The summed E-state index contributed by atoms with van der Waals surface area (Å²) in [6.07, 6.45) is 23.1. The van der Waals surface area contributed by atoms with Gasteiger partial charge in [-0.1, -0.05) is 179 Å². The maximum atomic E-state index is 6.20. The number of aromatic nitrogens is 2. The van der Waals surface area contributed by atoms with Gasteiger partial charge in [-0.2, -0.15) is 0 Å². The lowest BCUT2D eigenvalue weighted by Crippen LogP contribution is -2.01. The fourth-order valence-corrected chi connectivity index (χ4v) is 9.29. The Bertz CT molecular complexity index is 2020. The van der Waals surface area contributed by atoms with Crippen LogP contribution in [0, 0.1) is 0 Å². The van der Waals surface area contributed by atoms with Crippen molar-refractivity contribution in [2.45, 2.75) is 134 Å². The SMILES string of the molecule is BrCc1cc(OCCCCCCCCCCCn2c3ccccc3c3ccccc32)cc(OCCCCCCCCCCCn2c3ccccc3c3ccccc32)c1. The monoisotopic (exact) mass is 840 g/mol. The molecule has 0 fully saturated rings. The molecule has 7 aromatic rings. The molecular formula is C53H65BrN2O2. The van der Waals surface area contributed by atoms with Gasteiger partial charge < -0.3 is 18.6 Å². The molecule has 2 heterocycles. The summed E-state index contributed by atoms with van der Waals surface area (Å²) in [6, 6.07) is 41.8. The van der Waals surface area contributed by atoms with Gasteiger partial charge in [-0.15, -0.1) is 0 Å². The summed E-state index contributed by atoms with van der Waals surface area (Å²) in [4.78, 5) is 0. The first-order valence-electron chi connectivity index (χ1n) is 22.7. The van der Waals surface area contributed by atoms with Crippen molar-refractivity contribution < 1.29 is 9.47 Å². The van der Waals surface area contributed by atoms with Gasteiger partial charge in [0, 0.05) is 68.1 Å². The number of para-hydroxylation sites is 4. The van der Waals surface area contributed by atoms with E-state index in [1.807, 2.05) is 0 Å². The number of ether oxygens (including phenoxy) is 2. The Balaban J connectivity index is 0.679. The number of aryl methyl sites for hydroxylation is 2. The average Bonchev–Trinajstić information content (AvgIpc) is 3.76. The summed E-state index contributed by atoms with van der Waals surface area (Å²) in [7, 11) is 0. The third-order valence-corrected chi connectivity index (χ3v) is 12.7. The van der Waals surface area contributed by atoms with E-state index in [2.05, 4.69) is 140 Å². The molecule has 58 heavy (non-hydrogen) atoms. The van der Waals surface area contributed by atoms with Crippen molar-refractivity contribution in [2.24, 2.45) is 0 Å². The molecule has 306 valence electrons. The molecule has 0 unspecified atom stereocenters. The highest BCUT2D eigenvalue weighted by atomic mass is 79.9. The van der Waals surface area contributed by atoms with Crippen LogP contribution in [-0.2, 0) is 18.4 Å². The zero-order valence-electron chi connectivity index (χ0n) is 34.8. The molecule has 2 aromatic heterocycles. The standard InChI is InChI=1S/C53H65BrN2O2/c54-42-43-39-44(57-37-25-13-9-5-1-3-7-11-23-35-55-50-31-19-15-27-46(50)47-28-16-20-32-51(47)55)41-45(40-43)58-38-26-14-10-6-2-4-8-12-24-36-56-52-33-21-17-29-48(52)49-30-18-22-34-53(49)56/h15-22,27-34,39-41H,1-14,23-26,35-38,42H2. The summed E-state index contributed by atoms with van der Waals surface area (Å²) in [5.74, 6) is 1.87. The number of hydrogen-bond acceptors (Lipinski definition) is 2. The van der Waals surface area contributed by atoms with Crippen molar-refractivity contribution in [3.8, 4) is 11.5 Å². The highest BCUT2D eigenvalue weighted by Crippen LogP contribution is 2.31. The van der Waals surface area contributed by atoms with Gasteiger partial charge in [0.05, 0.1) is 13.2 Å². The van der Waals surface area contributed by atoms with E-state index in [1.54, 1.807) is 0 Å². The molecule has 0 aliphatic carbocycles. The zero-order valence-corrected chi connectivity index (χ0v) is 36.4. The number of rotatable bonds is 27. The summed E-state index contributed by atoms with van der Waals surface area (Å²) in [5.41, 5.74) is 6.68. The van der Waals surface area contributed by atoms with Gasteiger partial charge in [0.25, 0.3) is 0 Å². The van der Waals surface area contributed by atoms with Gasteiger partial charge in [-0.05, 0) is 67.6 Å². The van der Waals surface area contributed by atoms with Crippen LogP contribution in [-0.4, -0.2) is 22.3 Å². The van der Waals surface area contributed by atoms with E-state index >= 15 is 0 Å². The Hall–Kier alpha value is -4.22. The second kappa shape index (κ2) is 22.8. The van der Waals surface area contributed by atoms with Gasteiger partial charge in [-0.25, -0.2) is 0 Å². The molecular weight excluding hydrogens is 776 g/mol. The van der Waals surface area contributed by atoms with Crippen molar-refractivity contribution in [3.63, 3.8) is 0 Å². The molecule has 0 saturated heterocycles. The predicted molar refractivity (Wildman–Crippen MR) is 252 cm³/mol. The lowest BCUT2D eigenvalue weighted by Gasteiger charge is -2.12. The second-order valence-corrected chi connectivity index (χ2v) is 16.9. The molecule has 5 heteroatoms. The molecule has 0 amide bonds. The molecule has 0 aliphatic rings. The first kappa shape index (κ1) is 41.9. The third-order valence-electron chi connectivity index (χ3n) is 12.0. The van der Waals surface area contributed by atoms with Crippen LogP contribution in [0.2, 0.25) is 0 Å². The number of unbranched alkanes of at least 4 members (excludes halogenated alkanes) is 16. The normalized spacial score (nSPS) is 11.7. The fraction of sp³-hybridized carbons (Fsp3) is 0.434. The number of hydrogen-bond donors (Lipinski definition) is 0. The minimum absolute atomic E-state index is 0.773. The number of nitrogens with zero attached hydrogens (tertiary/aromatic N) is 2. The van der Waals surface area contributed by atoms with Crippen LogP contribution in [0.5, 0.6) is 11.5 Å². The Morgan fingerprint density at radius 1 is 0.345 bits per heavy atom. The van der Waals surface area contributed by atoms with E-state index in [-0.39, 0.29) is 0 Å². The number of halogens is 1. The smallest absolute Gasteiger partial charge is 0.123 e. The first-order chi connectivity index (χ1) is 28.8. The molecule has 4 nitrogen and oxygen atoms in total. The highest BCUT2D eigenvalue weighted by Gasteiger charge is 2.11. The average molecular weight is 842 g/mol. The third kappa shape index (κ3) is 11.5. The molecule has 0 saturated carbocycles. The number of benzene rings is 5. The van der Waals surface area contributed by atoms with E-state index in [9.17, 15) is 0 Å². The fourth-order valence-electron chi connectivity index (χ4n) is 8.96. The topological polar surface area (TPSA) is 28.3 Å². The Morgan fingerprint density at radius 2 is 0.638 bits per heavy atom. The van der Waals surface area contributed by atoms with E-state index in [0.29, 0.717) is 0 Å². The van der Waals surface area contributed by atoms with Gasteiger partial charge in [-0.3, -0.25) is 0 Å². The Kier molecular flexibility index (Phi) is 16.5. The number of alkyl halides is 1. The maximum Gasteiger partial charge on any atom is 0.123 e. The molecule has 7 rings (SSSR count). The molecule has 0 aliphatic heterocycles. The van der Waals surface area contributed by atoms with Gasteiger partial charge >= 0.3 is 0 Å². The molecule has 0 bridgehead atoms. The summed E-state index contributed by atoms with van der Waals surface area (Å²) >= 11 is 3.64. The van der Waals surface area contributed by atoms with Crippen molar-refractivity contribution in [3.05, 3.63) is 121 Å². The van der Waals surface area contributed by atoms with Crippen molar-refractivity contribution in [2.75, 3.05) is 13.2 Å². The summed E-state index contributed by atoms with van der Waals surface area (Å²) < 4.78 is 17.5. The molecule has 5 aromatic carbocycles. The van der Waals surface area contributed by atoms with E-state index in [0.717, 1.165) is 56.0 Å². The van der Waals surface area contributed by atoms with Crippen LogP contribution in [0.15, 0.2) is 115 Å². The predicted octanol–water partition coefficient (Wildman–Crippen LogP) is 16.0. The summed E-state index contributed by atoms with van der Waals surface area (Å²) in [6.45, 7) is 3.76. The molecule has 0 radical (unpaired) electrons. The minimum Gasteiger partial charge on any atom is -0.493 e. The van der Waals surface area contributed by atoms with E-state index in [4.69, 9.17) is 9.47 Å². The van der Waals surface area contributed by atoms with Gasteiger partial charge in [0.1, 0.15) is 11.5 Å². The van der Waals surface area contributed by atoms with Gasteiger partial charge in [0.2, 0.25) is 0 Å². The molecule has 0 spiro atoms. The van der Waals surface area contributed by atoms with Crippen LogP contribution in [0.25, 0.3) is 43.6 Å². The Labute approximate surface area is 356 Å². The van der Waals surface area contributed by atoms with Crippen molar-refractivity contribution >= 4 is 59.5 Å². The quantitative estimate of drug-likeness (QED) is 0.0381. The van der Waals surface area contributed by atoms with Crippen LogP contribution in [0.3, 0.4) is 0 Å². The van der Waals surface area contributed by atoms with Crippen LogP contribution in [0.1, 0.15) is 121 Å². The minimum atomic E-state index is 0.773. The Morgan fingerprint density at radius 3 is 0.966 bits per heavy atom. The highest BCUT2D eigenvalue weighted by molar-refractivity contribution is 9.08. The zero-order chi connectivity index (χ0) is 39.6. The molecule has 0 atom stereocenters. The lowest BCUT2D eigenvalue weighted by atomic mass is 10.1. The first-order valence-corrected chi connectivity index (χ1v) is 23.8. The van der Waals surface area contributed by atoms with E-state index < -0.39 is 0 Å². The largest absolute Gasteiger partial charge is 0.493 e. The summed E-state index contributed by atoms with van der Waals surface area (Å²) in [5, 5.41) is 6.31. The van der Waals surface area contributed by atoms with E-state index in [1.165, 1.54) is 152 Å². The second-order valence-electron chi connectivity index (χ2n) is 16.4. The van der Waals surface area contributed by atoms with Crippen LogP contribution >= 0.6 is 15.9 Å². The molecule has 0 N–H and O–H groups in total. The maximum absolute atomic E-state index is 6.20. The van der Waals surface area contributed by atoms with Crippen molar-refractivity contribution in [1.29, 1.82) is 0 Å². The number of fused-ring (bicyclic) bond motifs is 6. The van der Waals surface area contributed by atoms with Crippen LogP contribution < -0.4 is 9.47 Å². The lowest BCUT2D eigenvalue weighted by molar-refractivity contribution is 0.289.